The highest BCUT2D eigenvalue weighted by Crippen LogP contribution is 2.39. The van der Waals surface area contributed by atoms with Crippen molar-refractivity contribution in [2.75, 3.05) is 26.2 Å². The molecule has 2 aliphatic heterocycles. The van der Waals surface area contributed by atoms with Crippen molar-refractivity contribution >= 4 is 11.6 Å². The Morgan fingerprint density at radius 1 is 1.29 bits per heavy atom. The largest absolute Gasteiger partial charge is 0.317 e. The van der Waals surface area contributed by atoms with Crippen LogP contribution < -0.4 is 5.32 Å². The van der Waals surface area contributed by atoms with Crippen LogP contribution in [-0.4, -0.2) is 36.1 Å². The highest BCUT2D eigenvalue weighted by molar-refractivity contribution is 6.29. The van der Waals surface area contributed by atoms with Gasteiger partial charge in [0.2, 0.25) is 0 Å². The summed E-state index contributed by atoms with van der Waals surface area (Å²) in [5, 5.41) is 4.01. The fourth-order valence-electron chi connectivity index (χ4n) is 3.05. The van der Waals surface area contributed by atoms with E-state index >= 15 is 0 Å². The molecule has 2 aliphatic rings. The second-order valence-corrected chi connectivity index (χ2v) is 5.77. The van der Waals surface area contributed by atoms with Crippen LogP contribution >= 0.6 is 11.6 Å². The molecular formula is C13H18ClN3. The molecule has 3 rings (SSSR count). The lowest BCUT2D eigenvalue weighted by Gasteiger charge is -2.52. The number of piperidine rings is 1. The number of pyridine rings is 1. The molecule has 0 aliphatic carbocycles. The van der Waals surface area contributed by atoms with Crippen LogP contribution in [0.1, 0.15) is 18.4 Å². The molecule has 1 aromatic heterocycles. The van der Waals surface area contributed by atoms with Crippen LogP contribution in [-0.2, 0) is 6.54 Å². The molecule has 17 heavy (non-hydrogen) atoms. The Hall–Kier alpha value is -0.640. The predicted molar refractivity (Wildman–Crippen MR) is 69.1 cm³/mol. The van der Waals surface area contributed by atoms with Crippen LogP contribution in [0.15, 0.2) is 18.3 Å². The van der Waals surface area contributed by atoms with Gasteiger partial charge in [-0.05, 0) is 43.0 Å². The lowest BCUT2D eigenvalue weighted by Crippen LogP contribution is -2.59. The molecule has 0 unspecified atom stereocenters. The van der Waals surface area contributed by atoms with Crippen molar-refractivity contribution in [3.8, 4) is 0 Å². The lowest BCUT2D eigenvalue weighted by molar-refractivity contribution is -0.0282. The summed E-state index contributed by atoms with van der Waals surface area (Å²) in [5.74, 6) is 0. The molecule has 3 heterocycles. The molecule has 1 spiro atoms. The number of hydrogen-bond acceptors (Lipinski definition) is 3. The summed E-state index contributed by atoms with van der Waals surface area (Å²) in [7, 11) is 0. The zero-order valence-corrected chi connectivity index (χ0v) is 10.7. The molecule has 2 saturated heterocycles. The first-order valence-electron chi connectivity index (χ1n) is 6.29. The molecule has 0 atom stereocenters. The normalized spacial score (nSPS) is 23.6. The fraction of sp³-hybridized carbons (Fsp3) is 0.615. The van der Waals surface area contributed by atoms with Gasteiger partial charge in [-0.3, -0.25) is 4.90 Å². The molecule has 1 aromatic rings. The van der Waals surface area contributed by atoms with Crippen molar-refractivity contribution in [3.63, 3.8) is 0 Å². The molecule has 0 saturated carbocycles. The monoisotopic (exact) mass is 251 g/mol. The van der Waals surface area contributed by atoms with Gasteiger partial charge in [0.25, 0.3) is 0 Å². The van der Waals surface area contributed by atoms with Crippen molar-refractivity contribution in [2.45, 2.75) is 19.4 Å². The maximum atomic E-state index is 5.78. The fourth-order valence-corrected chi connectivity index (χ4v) is 3.16. The van der Waals surface area contributed by atoms with Gasteiger partial charge in [0.05, 0.1) is 0 Å². The maximum absolute atomic E-state index is 5.78. The molecule has 2 fully saturated rings. The Balaban J connectivity index is 1.54. The molecule has 0 radical (unpaired) electrons. The number of nitrogens with one attached hydrogen (secondary N) is 1. The van der Waals surface area contributed by atoms with E-state index in [1.807, 2.05) is 12.3 Å². The smallest absolute Gasteiger partial charge is 0.129 e. The number of hydrogen-bond donors (Lipinski definition) is 1. The van der Waals surface area contributed by atoms with Crippen molar-refractivity contribution in [3.05, 3.63) is 29.0 Å². The molecule has 0 amide bonds. The van der Waals surface area contributed by atoms with E-state index in [0.29, 0.717) is 10.6 Å². The van der Waals surface area contributed by atoms with Gasteiger partial charge in [-0.2, -0.15) is 0 Å². The standard InChI is InChI=1S/C13H18ClN3/c14-12-2-1-11(7-16-12)8-17-9-13(10-17)3-5-15-6-4-13/h1-2,7,15H,3-6,8-10H2. The summed E-state index contributed by atoms with van der Waals surface area (Å²) in [4.78, 5) is 6.63. The van der Waals surface area contributed by atoms with E-state index in [4.69, 9.17) is 11.6 Å². The van der Waals surface area contributed by atoms with Gasteiger partial charge in [0.1, 0.15) is 5.15 Å². The topological polar surface area (TPSA) is 28.2 Å². The van der Waals surface area contributed by atoms with Crippen molar-refractivity contribution in [1.29, 1.82) is 0 Å². The highest BCUT2D eigenvalue weighted by atomic mass is 35.5. The first kappa shape index (κ1) is 11.5. The average molecular weight is 252 g/mol. The zero-order chi connectivity index (χ0) is 11.7. The van der Waals surface area contributed by atoms with Gasteiger partial charge in [-0.25, -0.2) is 4.98 Å². The van der Waals surface area contributed by atoms with E-state index in [0.717, 1.165) is 6.54 Å². The van der Waals surface area contributed by atoms with Crippen LogP contribution in [0.5, 0.6) is 0 Å². The van der Waals surface area contributed by atoms with E-state index in [2.05, 4.69) is 21.3 Å². The third-order valence-electron chi connectivity index (χ3n) is 3.98. The lowest BCUT2D eigenvalue weighted by atomic mass is 9.72. The number of likely N-dealkylation sites (tertiary alicyclic amines) is 1. The van der Waals surface area contributed by atoms with Crippen LogP contribution in [0.4, 0.5) is 0 Å². The first-order valence-corrected chi connectivity index (χ1v) is 6.67. The molecule has 0 bridgehead atoms. The maximum Gasteiger partial charge on any atom is 0.129 e. The van der Waals surface area contributed by atoms with Gasteiger partial charge in [-0.1, -0.05) is 17.7 Å². The summed E-state index contributed by atoms with van der Waals surface area (Å²) >= 11 is 5.78. The second-order valence-electron chi connectivity index (χ2n) is 5.38. The van der Waals surface area contributed by atoms with Gasteiger partial charge in [-0.15, -0.1) is 0 Å². The van der Waals surface area contributed by atoms with Crippen molar-refractivity contribution < 1.29 is 0 Å². The van der Waals surface area contributed by atoms with Crippen LogP contribution in [0.25, 0.3) is 0 Å². The third kappa shape index (κ3) is 2.46. The average Bonchev–Trinajstić information content (AvgIpc) is 2.31. The Kier molecular flexibility index (Phi) is 3.07. The highest BCUT2D eigenvalue weighted by Gasteiger charge is 2.42. The van der Waals surface area contributed by atoms with Gasteiger partial charge < -0.3 is 5.32 Å². The van der Waals surface area contributed by atoms with Crippen molar-refractivity contribution in [1.82, 2.24) is 15.2 Å². The minimum absolute atomic E-state index is 0.576. The quantitative estimate of drug-likeness (QED) is 0.814. The Morgan fingerprint density at radius 2 is 2.06 bits per heavy atom. The summed E-state index contributed by atoms with van der Waals surface area (Å²) in [6, 6.07) is 3.94. The van der Waals surface area contributed by atoms with Gasteiger partial charge in [0.15, 0.2) is 0 Å². The molecule has 0 aromatic carbocycles. The van der Waals surface area contributed by atoms with Gasteiger partial charge >= 0.3 is 0 Å². The third-order valence-corrected chi connectivity index (χ3v) is 4.20. The van der Waals surface area contributed by atoms with E-state index in [9.17, 15) is 0 Å². The van der Waals surface area contributed by atoms with Crippen LogP contribution in [0, 0.1) is 5.41 Å². The van der Waals surface area contributed by atoms with E-state index < -0.39 is 0 Å². The number of nitrogens with zero attached hydrogens (tertiary/aromatic N) is 2. The van der Waals surface area contributed by atoms with Crippen LogP contribution in [0.2, 0.25) is 5.15 Å². The summed E-state index contributed by atoms with van der Waals surface area (Å²) in [6.45, 7) is 5.89. The SMILES string of the molecule is Clc1ccc(CN2CC3(CCNCC3)C2)cn1. The molecular weight excluding hydrogens is 234 g/mol. The van der Waals surface area contributed by atoms with Crippen molar-refractivity contribution in [2.24, 2.45) is 5.41 Å². The number of halogens is 1. The molecule has 3 nitrogen and oxygen atoms in total. The summed E-state index contributed by atoms with van der Waals surface area (Å²) in [5.41, 5.74) is 1.88. The molecule has 92 valence electrons. The first-order chi connectivity index (χ1) is 8.26. The molecule has 1 N–H and O–H groups in total. The second kappa shape index (κ2) is 4.56. The van der Waals surface area contributed by atoms with Gasteiger partial charge in [0, 0.05) is 25.8 Å². The number of rotatable bonds is 2. The van der Waals surface area contributed by atoms with E-state index in [1.165, 1.54) is 44.6 Å². The summed E-state index contributed by atoms with van der Waals surface area (Å²) in [6.07, 6.45) is 4.56. The zero-order valence-electron chi connectivity index (χ0n) is 9.95. The summed E-state index contributed by atoms with van der Waals surface area (Å²) < 4.78 is 0. The number of aromatic nitrogens is 1. The minimum Gasteiger partial charge on any atom is -0.317 e. The van der Waals surface area contributed by atoms with Crippen LogP contribution in [0.3, 0.4) is 0 Å². The van der Waals surface area contributed by atoms with E-state index in [-0.39, 0.29) is 0 Å². The van der Waals surface area contributed by atoms with E-state index in [1.54, 1.807) is 0 Å². The minimum atomic E-state index is 0.576. The predicted octanol–water partition coefficient (Wildman–Crippen LogP) is 1.92. The molecule has 4 heteroatoms. The Labute approximate surface area is 107 Å². The Morgan fingerprint density at radius 3 is 2.71 bits per heavy atom. The Bertz CT molecular complexity index is 376.